The third kappa shape index (κ3) is 3.93. The Morgan fingerprint density at radius 1 is 1.38 bits per heavy atom. The lowest BCUT2D eigenvalue weighted by molar-refractivity contribution is -0.124. The molecule has 0 saturated carbocycles. The maximum absolute atomic E-state index is 13.1. The smallest absolute Gasteiger partial charge is 0.319 e. The second kappa shape index (κ2) is 8.00. The third-order valence-corrected chi connectivity index (χ3v) is 6.34. The van der Waals surface area contributed by atoms with Crippen molar-refractivity contribution in [1.82, 2.24) is 20.4 Å². The maximum Gasteiger partial charge on any atom is 0.319 e. The van der Waals surface area contributed by atoms with E-state index in [2.05, 4.69) is 22.5 Å². The standard InChI is InChI=1S/C21H30FN5O2/c1-5-6-18-23-13-20(2,26(4)14-28)21(3,24-18)25-19(29)27-11-16(12-27)15-7-9-17(22)10-8-15/h7-10,14,16H,5-6,11-13H2,1-4H3,(H,23,24)(H,25,29). The number of halogens is 1. The molecule has 2 atom stereocenters. The van der Waals surface area contributed by atoms with Crippen molar-refractivity contribution in [3.05, 3.63) is 35.6 Å². The van der Waals surface area contributed by atoms with E-state index in [9.17, 15) is 14.0 Å². The predicted octanol–water partition coefficient (Wildman–Crippen LogP) is 2.30. The molecule has 2 unspecified atom stereocenters. The van der Waals surface area contributed by atoms with Crippen LogP contribution in [0.3, 0.4) is 0 Å². The molecule has 0 spiro atoms. The molecular weight excluding hydrogens is 373 g/mol. The van der Waals surface area contributed by atoms with Gasteiger partial charge in [0, 0.05) is 32.5 Å². The molecule has 8 heteroatoms. The van der Waals surface area contributed by atoms with Gasteiger partial charge in [0.15, 0.2) is 0 Å². The van der Waals surface area contributed by atoms with Crippen molar-refractivity contribution in [1.29, 1.82) is 0 Å². The summed E-state index contributed by atoms with van der Waals surface area (Å²) in [7, 11) is 1.70. The Balaban J connectivity index is 1.70. The van der Waals surface area contributed by atoms with Crippen molar-refractivity contribution >= 4 is 18.3 Å². The van der Waals surface area contributed by atoms with E-state index in [0.717, 1.165) is 30.7 Å². The highest BCUT2D eigenvalue weighted by Crippen LogP contribution is 2.31. The lowest BCUT2D eigenvalue weighted by Crippen LogP contribution is -2.78. The Morgan fingerprint density at radius 3 is 2.62 bits per heavy atom. The molecule has 3 rings (SSSR count). The summed E-state index contributed by atoms with van der Waals surface area (Å²) in [5, 5.41) is 6.48. The second-order valence-corrected chi connectivity index (χ2v) is 8.34. The number of amides is 3. The lowest BCUT2D eigenvalue weighted by Gasteiger charge is -2.53. The number of urea groups is 1. The zero-order valence-electron chi connectivity index (χ0n) is 17.5. The molecule has 1 fully saturated rings. The van der Waals surface area contributed by atoms with Gasteiger partial charge in [-0.25, -0.2) is 9.18 Å². The Kier molecular flexibility index (Phi) is 5.82. The van der Waals surface area contributed by atoms with E-state index in [1.165, 1.54) is 12.1 Å². The second-order valence-electron chi connectivity index (χ2n) is 8.34. The van der Waals surface area contributed by atoms with Crippen molar-refractivity contribution in [3.8, 4) is 0 Å². The highest BCUT2D eigenvalue weighted by molar-refractivity contribution is 5.85. The molecule has 2 heterocycles. The van der Waals surface area contributed by atoms with E-state index in [-0.39, 0.29) is 17.8 Å². The van der Waals surface area contributed by atoms with Crippen LogP contribution in [-0.2, 0) is 4.79 Å². The number of benzene rings is 1. The number of nitrogens with one attached hydrogen (secondary N) is 2. The monoisotopic (exact) mass is 403 g/mol. The molecule has 3 amide bonds. The summed E-state index contributed by atoms with van der Waals surface area (Å²) in [5.41, 5.74) is -0.559. The average molecular weight is 404 g/mol. The van der Waals surface area contributed by atoms with Crippen LogP contribution in [0.2, 0.25) is 0 Å². The van der Waals surface area contributed by atoms with E-state index in [0.29, 0.717) is 19.6 Å². The van der Waals surface area contributed by atoms with Crippen molar-refractivity contribution < 1.29 is 14.0 Å². The topological polar surface area (TPSA) is 77.0 Å². The predicted molar refractivity (Wildman–Crippen MR) is 110 cm³/mol. The van der Waals surface area contributed by atoms with Crippen LogP contribution in [0.4, 0.5) is 9.18 Å². The third-order valence-electron chi connectivity index (χ3n) is 6.34. The van der Waals surface area contributed by atoms with E-state index in [1.807, 2.05) is 13.8 Å². The van der Waals surface area contributed by atoms with Gasteiger partial charge in [-0.15, -0.1) is 0 Å². The number of hydrogen-bond acceptors (Lipinski definition) is 4. The number of likely N-dealkylation sites (N-methyl/N-ethyl adjacent to an activating group) is 1. The van der Waals surface area contributed by atoms with Crippen molar-refractivity contribution in [2.24, 2.45) is 4.99 Å². The minimum absolute atomic E-state index is 0.193. The number of nitrogens with zero attached hydrogens (tertiary/aromatic N) is 3. The van der Waals surface area contributed by atoms with E-state index < -0.39 is 11.2 Å². The van der Waals surface area contributed by atoms with Crippen molar-refractivity contribution in [2.45, 2.75) is 50.7 Å². The van der Waals surface area contributed by atoms with Gasteiger partial charge in [0.2, 0.25) is 6.41 Å². The first-order chi connectivity index (χ1) is 13.7. The van der Waals surface area contributed by atoms with Gasteiger partial charge in [0.1, 0.15) is 17.0 Å². The first kappa shape index (κ1) is 21.1. The zero-order valence-corrected chi connectivity index (χ0v) is 17.5. The minimum Gasteiger partial charge on any atom is -0.350 e. The van der Waals surface area contributed by atoms with Gasteiger partial charge < -0.3 is 20.4 Å². The minimum atomic E-state index is -0.868. The molecule has 1 saturated heterocycles. The number of rotatable bonds is 6. The highest BCUT2D eigenvalue weighted by Gasteiger charge is 2.52. The summed E-state index contributed by atoms with van der Waals surface area (Å²) in [4.78, 5) is 32.4. The fraction of sp³-hybridized carbons (Fsp3) is 0.571. The summed E-state index contributed by atoms with van der Waals surface area (Å²) in [6.45, 7) is 7.43. The highest BCUT2D eigenvalue weighted by atomic mass is 19.1. The van der Waals surface area contributed by atoms with E-state index >= 15 is 0 Å². The quantitative estimate of drug-likeness (QED) is 0.716. The van der Waals surface area contributed by atoms with Gasteiger partial charge in [-0.2, -0.15) is 0 Å². The Bertz CT molecular complexity index is 793. The molecule has 158 valence electrons. The normalized spacial score (nSPS) is 26.8. The molecule has 7 nitrogen and oxygen atoms in total. The molecule has 29 heavy (non-hydrogen) atoms. The van der Waals surface area contributed by atoms with Crippen LogP contribution in [-0.4, -0.2) is 66.0 Å². The van der Waals surface area contributed by atoms with Crippen LogP contribution in [0, 0.1) is 5.82 Å². The van der Waals surface area contributed by atoms with Crippen LogP contribution < -0.4 is 10.6 Å². The molecule has 1 aromatic rings. The van der Waals surface area contributed by atoms with Gasteiger partial charge >= 0.3 is 6.03 Å². The SMILES string of the molecule is CCCC1=NCC(C)(N(C)C=O)C(C)(NC(=O)N2CC(c3ccc(F)cc3)C2)N1. The van der Waals surface area contributed by atoms with Gasteiger partial charge in [-0.05, 0) is 38.0 Å². The molecular formula is C21H30FN5O2. The Labute approximate surface area is 171 Å². The summed E-state index contributed by atoms with van der Waals surface area (Å²) in [5.74, 6) is 0.775. The van der Waals surface area contributed by atoms with Crippen LogP contribution in [0.25, 0.3) is 0 Å². The fourth-order valence-electron chi connectivity index (χ4n) is 3.88. The molecule has 1 aromatic carbocycles. The lowest BCUT2D eigenvalue weighted by atomic mass is 9.83. The summed E-state index contributed by atoms with van der Waals surface area (Å²) < 4.78 is 13.1. The van der Waals surface area contributed by atoms with Crippen molar-refractivity contribution in [3.63, 3.8) is 0 Å². The summed E-state index contributed by atoms with van der Waals surface area (Å²) in [6, 6.07) is 6.23. The molecule has 0 radical (unpaired) electrons. The van der Waals surface area contributed by atoms with Gasteiger partial charge in [0.25, 0.3) is 0 Å². The molecule has 2 aliphatic rings. The molecule has 2 N–H and O–H groups in total. The van der Waals surface area contributed by atoms with Crippen molar-refractivity contribution in [2.75, 3.05) is 26.7 Å². The summed E-state index contributed by atoms with van der Waals surface area (Å²) >= 11 is 0. The maximum atomic E-state index is 13.1. The Morgan fingerprint density at radius 2 is 2.03 bits per heavy atom. The molecule has 0 aromatic heterocycles. The van der Waals surface area contributed by atoms with Gasteiger partial charge in [-0.3, -0.25) is 9.79 Å². The zero-order chi connectivity index (χ0) is 21.2. The number of amidine groups is 1. The van der Waals surface area contributed by atoms with Crippen LogP contribution in [0.5, 0.6) is 0 Å². The largest absolute Gasteiger partial charge is 0.350 e. The number of aliphatic imine (C=N–C) groups is 1. The number of likely N-dealkylation sites (tertiary alicyclic amines) is 1. The Hall–Kier alpha value is -2.64. The summed E-state index contributed by atoms with van der Waals surface area (Å²) in [6.07, 6.45) is 2.48. The van der Waals surface area contributed by atoms with Gasteiger partial charge in [-0.1, -0.05) is 19.1 Å². The van der Waals surface area contributed by atoms with Crippen LogP contribution >= 0.6 is 0 Å². The number of hydrogen-bond donors (Lipinski definition) is 2. The number of carbonyl (C=O) groups is 2. The van der Waals surface area contributed by atoms with Gasteiger partial charge in [0.05, 0.1) is 12.4 Å². The van der Waals surface area contributed by atoms with Crippen LogP contribution in [0.1, 0.15) is 45.1 Å². The molecule has 0 bridgehead atoms. The molecule has 2 aliphatic heterocycles. The fourth-order valence-corrected chi connectivity index (χ4v) is 3.88. The van der Waals surface area contributed by atoms with E-state index in [4.69, 9.17) is 0 Å². The first-order valence-electron chi connectivity index (χ1n) is 10.0. The average Bonchev–Trinajstić information content (AvgIpc) is 2.64. The molecule has 0 aliphatic carbocycles. The first-order valence-corrected chi connectivity index (χ1v) is 10.0. The van der Waals surface area contributed by atoms with E-state index in [1.54, 1.807) is 29.0 Å². The van der Waals surface area contributed by atoms with Crippen LogP contribution in [0.15, 0.2) is 29.3 Å². The number of carbonyl (C=O) groups excluding carboxylic acids is 2.